The molecule has 1 N–H and O–H groups in total. The Kier molecular flexibility index (Phi) is 5.25. The first kappa shape index (κ1) is 17.3. The van der Waals surface area contributed by atoms with Crippen LogP contribution in [-0.2, 0) is 6.54 Å². The fourth-order valence-corrected chi connectivity index (χ4v) is 3.94. The maximum Gasteiger partial charge on any atom is 0.273 e. The van der Waals surface area contributed by atoms with Crippen LogP contribution < -0.4 is 5.32 Å². The van der Waals surface area contributed by atoms with Crippen molar-refractivity contribution in [2.75, 3.05) is 14.1 Å². The molecule has 0 saturated carbocycles. The molecule has 5 nitrogen and oxygen atoms in total. The molecule has 0 radical (unpaired) electrons. The second-order valence-electron chi connectivity index (χ2n) is 5.45. The molecule has 3 aromatic rings. The Morgan fingerprint density at radius 3 is 2.56 bits per heavy atom. The number of hydrogen-bond donors (Lipinski definition) is 1. The largest absolute Gasteiger partial charge is 0.355 e. The van der Waals surface area contributed by atoms with Gasteiger partial charge in [0, 0.05) is 31.6 Å². The highest BCUT2D eigenvalue weighted by Gasteiger charge is 2.17. The van der Waals surface area contributed by atoms with Crippen molar-refractivity contribution in [1.29, 1.82) is 0 Å². The van der Waals surface area contributed by atoms with E-state index in [2.05, 4.69) is 10.3 Å². The van der Waals surface area contributed by atoms with E-state index in [1.807, 2.05) is 29.6 Å². The monoisotopic (exact) mass is 371 g/mol. The third-order valence-electron chi connectivity index (χ3n) is 3.66. The van der Waals surface area contributed by atoms with Crippen LogP contribution in [0.5, 0.6) is 0 Å². The summed E-state index contributed by atoms with van der Waals surface area (Å²) in [5, 5.41) is 7.24. The van der Waals surface area contributed by atoms with E-state index >= 15 is 0 Å². The van der Waals surface area contributed by atoms with Gasteiger partial charge < -0.3 is 10.2 Å². The summed E-state index contributed by atoms with van der Waals surface area (Å²) in [6.45, 7) is 0.457. The fourth-order valence-electron chi connectivity index (χ4n) is 2.33. The summed E-state index contributed by atoms with van der Waals surface area (Å²) in [5.74, 6) is -0.242. The maximum absolute atomic E-state index is 12.6. The van der Waals surface area contributed by atoms with Gasteiger partial charge in [0.1, 0.15) is 10.7 Å². The van der Waals surface area contributed by atoms with Crippen LogP contribution in [0.4, 0.5) is 0 Å². The van der Waals surface area contributed by atoms with Crippen LogP contribution in [0.15, 0.2) is 47.2 Å². The summed E-state index contributed by atoms with van der Waals surface area (Å²) in [5.41, 5.74) is 2.01. The predicted octanol–water partition coefficient (Wildman–Crippen LogP) is 3.50. The Morgan fingerprint density at radius 1 is 1.16 bits per heavy atom. The van der Waals surface area contributed by atoms with E-state index in [0.717, 1.165) is 15.4 Å². The first-order valence-electron chi connectivity index (χ1n) is 7.64. The number of thiazole rings is 1. The molecule has 0 fully saturated rings. The van der Waals surface area contributed by atoms with Gasteiger partial charge in [-0.3, -0.25) is 9.59 Å². The number of amides is 2. The van der Waals surface area contributed by atoms with Gasteiger partial charge in [-0.05, 0) is 29.1 Å². The number of rotatable bonds is 5. The van der Waals surface area contributed by atoms with Crippen LogP contribution in [0.3, 0.4) is 0 Å². The second kappa shape index (κ2) is 7.58. The smallest absolute Gasteiger partial charge is 0.273 e. The van der Waals surface area contributed by atoms with Crippen LogP contribution in [0, 0.1) is 0 Å². The van der Waals surface area contributed by atoms with Gasteiger partial charge >= 0.3 is 0 Å². The van der Waals surface area contributed by atoms with E-state index in [1.165, 1.54) is 11.3 Å². The minimum Gasteiger partial charge on any atom is -0.355 e. The highest BCUT2D eigenvalue weighted by Crippen LogP contribution is 2.28. The number of carbonyl (C=O) groups excluding carboxylic acids is 2. The van der Waals surface area contributed by atoms with Gasteiger partial charge in [0.2, 0.25) is 0 Å². The average Bonchev–Trinajstić information content (AvgIpc) is 3.32. The summed E-state index contributed by atoms with van der Waals surface area (Å²) in [6, 6.07) is 11.2. The van der Waals surface area contributed by atoms with Crippen LogP contribution >= 0.6 is 22.7 Å². The SMILES string of the molecule is CNC(=O)c1ccc(CN(C)C(=O)c2csc(-c3cccs3)n2)cc1. The minimum atomic E-state index is -0.125. The molecule has 0 aliphatic heterocycles. The van der Waals surface area contributed by atoms with Gasteiger partial charge in [-0.25, -0.2) is 4.98 Å². The lowest BCUT2D eigenvalue weighted by molar-refractivity contribution is 0.0779. The van der Waals surface area contributed by atoms with Crippen LogP contribution in [0.2, 0.25) is 0 Å². The first-order valence-corrected chi connectivity index (χ1v) is 9.40. The van der Waals surface area contributed by atoms with Gasteiger partial charge in [0.05, 0.1) is 4.88 Å². The van der Waals surface area contributed by atoms with Crippen LogP contribution in [0.1, 0.15) is 26.4 Å². The summed E-state index contributed by atoms with van der Waals surface area (Å²) in [7, 11) is 3.35. The molecule has 7 heteroatoms. The van der Waals surface area contributed by atoms with E-state index in [1.54, 1.807) is 47.8 Å². The lowest BCUT2D eigenvalue weighted by Gasteiger charge is -2.16. The number of carbonyl (C=O) groups is 2. The molecule has 0 atom stereocenters. The van der Waals surface area contributed by atoms with Crippen molar-refractivity contribution >= 4 is 34.5 Å². The van der Waals surface area contributed by atoms with E-state index in [4.69, 9.17) is 0 Å². The molecule has 128 valence electrons. The van der Waals surface area contributed by atoms with E-state index in [-0.39, 0.29) is 11.8 Å². The van der Waals surface area contributed by atoms with Crippen molar-refractivity contribution in [3.05, 3.63) is 64.0 Å². The summed E-state index contributed by atoms with van der Waals surface area (Å²) >= 11 is 3.08. The molecule has 3 rings (SSSR count). The van der Waals surface area contributed by atoms with Gasteiger partial charge in [-0.2, -0.15) is 0 Å². The predicted molar refractivity (Wildman–Crippen MR) is 101 cm³/mol. The summed E-state index contributed by atoms with van der Waals surface area (Å²) in [6.07, 6.45) is 0. The lowest BCUT2D eigenvalue weighted by atomic mass is 10.1. The number of hydrogen-bond acceptors (Lipinski definition) is 5. The zero-order valence-corrected chi connectivity index (χ0v) is 15.5. The highest BCUT2D eigenvalue weighted by molar-refractivity contribution is 7.20. The molecule has 1 aromatic carbocycles. The number of aromatic nitrogens is 1. The molecule has 0 saturated heterocycles. The Balaban J connectivity index is 1.67. The molecular weight excluding hydrogens is 354 g/mol. The quantitative estimate of drug-likeness (QED) is 0.747. The van der Waals surface area contributed by atoms with Gasteiger partial charge in [-0.15, -0.1) is 22.7 Å². The number of nitrogens with one attached hydrogen (secondary N) is 1. The molecule has 25 heavy (non-hydrogen) atoms. The number of thiophene rings is 1. The molecule has 0 unspecified atom stereocenters. The van der Waals surface area contributed by atoms with Crippen molar-refractivity contribution in [3.8, 4) is 9.88 Å². The van der Waals surface area contributed by atoms with Crippen molar-refractivity contribution in [2.24, 2.45) is 0 Å². The Bertz CT molecular complexity index is 870. The maximum atomic E-state index is 12.6. The zero-order chi connectivity index (χ0) is 17.8. The number of nitrogens with zero attached hydrogens (tertiary/aromatic N) is 2. The third kappa shape index (κ3) is 3.94. The first-order chi connectivity index (χ1) is 12.1. The highest BCUT2D eigenvalue weighted by atomic mass is 32.1. The fraction of sp³-hybridized carbons (Fsp3) is 0.167. The topological polar surface area (TPSA) is 62.3 Å². The molecule has 0 spiro atoms. The Morgan fingerprint density at radius 2 is 1.92 bits per heavy atom. The van der Waals surface area contributed by atoms with E-state index < -0.39 is 0 Å². The zero-order valence-electron chi connectivity index (χ0n) is 13.9. The van der Waals surface area contributed by atoms with Crippen molar-refractivity contribution in [3.63, 3.8) is 0 Å². The number of benzene rings is 1. The van der Waals surface area contributed by atoms with E-state index in [9.17, 15) is 9.59 Å². The lowest BCUT2D eigenvalue weighted by Crippen LogP contribution is -2.26. The molecule has 0 aliphatic carbocycles. The van der Waals surface area contributed by atoms with Crippen molar-refractivity contribution in [2.45, 2.75) is 6.54 Å². The minimum absolute atomic E-state index is 0.116. The van der Waals surface area contributed by atoms with Crippen LogP contribution in [0.25, 0.3) is 9.88 Å². The van der Waals surface area contributed by atoms with Crippen molar-refractivity contribution < 1.29 is 9.59 Å². The standard InChI is InChI=1S/C18H17N3O2S2/c1-19-16(22)13-7-5-12(6-8-13)10-21(2)18(23)14-11-25-17(20-14)15-4-3-9-24-15/h3-9,11H,10H2,1-2H3,(H,19,22). The van der Waals surface area contributed by atoms with Gasteiger partial charge in [0.15, 0.2) is 0 Å². The molecule has 2 heterocycles. The molecule has 0 bridgehead atoms. The molecule has 0 aliphatic rings. The summed E-state index contributed by atoms with van der Waals surface area (Å²) < 4.78 is 0. The van der Waals surface area contributed by atoms with Crippen LogP contribution in [-0.4, -0.2) is 35.8 Å². The molecule has 2 aromatic heterocycles. The van der Waals surface area contributed by atoms with Gasteiger partial charge in [0.25, 0.3) is 11.8 Å². The average molecular weight is 371 g/mol. The normalized spacial score (nSPS) is 10.5. The summed E-state index contributed by atoms with van der Waals surface area (Å²) in [4.78, 5) is 31.3. The third-order valence-corrected chi connectivity index (χ3v) is 5.55. The van der Waals surface area contributed by atoms with Gasteiger partial charge in [-0.1, -0.05) is 18.2 Å². The van der Waals surface area contributed by atoms with Crippen molar-refractivity contribution in [1.82, 2.24) is 15.2 Å². The Hall–Kier alpha value is -2.51. The van der Waals surface area contributed by atoms with E-state index in [0.29, 0.717) is 17.8 Å². The molecule has 2 amide bonds. The second-order valence-corrected chi connectivity index (χ2v) is 7.26. The molecular formula is C18H17N3O2S2. The Labute approximate surface area is 154 Å².